The molecule has 0 aromatic carbocycles. The Morgan fingerprint density at radius 1 is 1.64 bits per heavy atom. The molecule has 78 valence electrons. The molecule has 2 heterocycles. The van der Waals surface area contributed by atoms with Gasteiger partial charge in [0.1, 0.15) is 0 Å². The molecule has 0 saturated carbocycles. The van der Waals surface area contributed by atoms with Crippen molar-refractivity contribution >= 4 is 23.1 Å². The highest BCUT2D eigenvalue weighted by molar-refractivity contribution is 7.99. The predicted octanol–water partition coefficient (Wildman–Crippen LogP) is 1.80. The SMILES string of the molecule is CN1CCSCC1C(N)c1ccsc1. The minimum Gasteiger partial charge on any atom is -0.323 e. The van der Waals surface area contributed by atoms with Crippen LogP contribution in [0.5, 0.6) is 0 Å². The molecule has 1 aromatic heterocycles. The van der Waals surface area contributed by atoms with E-state index in [1.807, 2.05) is 11.8 Å². The number of thiophene rings is 1. The molecule has 1 fully saturated rings. The lowest BCUT2D eigenvalue weighted by Crippen LogP contribution is -2.45. The second-order valence-corrected chi connectivity index (χ2v) is 5.64. The summed E-state index contributed by atoms with van der Waals surface area (Å²) in [5.74, 6) is 2.40. The van der Waals surface area contributed by atoms with Crippen molar-refractivity contribution in [1.82, 2.24) is 4.90 Å². The van der Waals surface area contributed by atoms with Crippen LogP contribution in [-0.2, 0) is 0 Å². The highest BCUT2D eigenvalue weighted by Crippen LogP contribution is 2.25. The van der Waals surface area contributed by atoms with Crippen LogP contribution in [0.15, 0.2) is 16.8 Å². The van der Waals surface area contributed by atoms with Crippen LogP contribution in [-0.4, -0.2) is 36.0 Å². The molecule has 2 rings (SSSR count). The van der Waals surface area contributed by atoms with Crippen LogP contribution in [0.4, 0.5) is 0 Å². The third-order valence-electron chi connectivity index (χ3n) is 2.79. The number of thioether (sulfide) groups is 1. The zero-order chi connectivity index (χ0) is 9.97. The average Bonchev–Trinajstić information content (AvgIpc) is 2.70. The maximum atomic E-state index is 6.26. The van der Waals surface area contributed by atoms with Gasteiger partial charge in [-0.05, 0) is 29.4 Å². The molecule has 0 amide bonds. The Morgan fingerprint density at radius 2 is 2.50 bits per heavy atom. The lowest BCUT2D eigenvalue weighted by molar-refractivity contribution is 0.237. The van der Waals surface area contributed by atoms with E-state index in [1.54, 1.807) is 11.3 Å². The number of likely N-dealkylation sites (N-methyl/N-ethyl adjacent to an activating group) is 1. The molecule has 1 aliphatic rings. The van der Waals surface area contributed by atoms with Gasteiger partial charge >= 0.3 is 0 Å². The zero-order valence-corrected chi connectivity index (χ0v) is 9.98. The molecule has 2 N–H and O–H groups in total. The second kappa shape index (κ2) is 4.66. The van der Waals surface area contributed by atoms with E-state index >= 15 is 0 Å². The molecule has 0 aliphatic carbocycles. The fourth-order valence-corrected chi connectivity index (χ4v) is 3.76. The van der Waals surface area contributed by atoms with Gasteiger partial charge < -0.3 is 5.73 Å². The van der Waals surface area contributed by atoms with E-state index in [4.69, 9.17) is 5.73 Å². The minimum atomic E-state index is 0.180. The lowest BCUT2D eigenvalue weighted by Gasteiger charge is -2.35. The van der Waals surface area contributed by atoms with Crippen LogP contribution in [0.3, 0.4) is 0 Å². The van der Waals surface area contributed by atoms with Crippen molar-refractivity contribution < 1.29 is 0 Å². The fourth-order valence-electron chi connectivity index (χ4n) is 1.77. The lowest BCUT2D eigenvalue weighted by atomic mass is 10.0. The van der Waals surface area contributed by atoms with Crippen molar-refractivity contribution in [2.45, 2.75) is 12.1 Å². The summed E-state index contributed by atoms with van der Waals surface area (Å²) in [6.07, 6.45) is 0. The van der Waals surface area contributed by atoms with Gasteiger partial charge in [-0.2, -0.15) is 23.1 Å². The summed E-state index contributed by atoms with van der Waals surface area (Å²) >= 11 is 3.74. The third kappa shape index (κ3) is 2.14. The van der Waals surface area contributed by atoms with Crippen LogP contribution in [0.25, 0.3) is 0 Å². The predicted molar refractivity (Wildman–Crippen MR) is 65.0 cm³/mol. The Hall–Kier alpha value is -0.0300. The Bertz CT molecular complexity index is 274. The van der Waals surface area contributed by atoms with Crippen LogP contribution in [0, 0.1) is 0 Å². The maximum Gasteiger partial charge on any atom is 0.0469 e. The van der Waals surface area contributed by atoms with Crippen molar-refractivity contribution in [2.75, 3.05) is 25.1 Å². The topological polar surface area (TPSA) is 29.3 Å². The quantitative estimate of drug-likeness (QED) is 0.837. The smallest absolute Gasteiger partial charge is 0.0469 e. The first-order valence-electron chi connectivity index (χ1n) is 4.84. The van der Waals surface area contributed by atoms with E-state index in [2.05, 4.69) is 28.8 Å². The summed E-state index contributed by atoms with van der Waals surface area (Å²) < 4.78 is 0. The molecule has 2 unspecified atom stereocenters. The summed E-state index contributed by atoms with van der Waals surface area (Å²) in [7, 11) is 2.18. The first-order chi connectivity index (χ1) is 6.79. The van der Waals surface area contributed by atoms with Gasteiger partial charge in [0.2, 0.25) is 0 Å². The molecule has 0 radical (unpaired) electrons. The number of hydrogen-bond acceptors (Lipinski definition) is 4. The van der Waals surface area contributed by atoms with Crippen molar-refractivity contribution in [3.63, 3.8) is 0 Å². The van der Waals surface area contributed by atoms with Crippen molar-refractivity contribution in [3.8, 4) is 0 Å². The molecule has 4 heteroatoms. The first-order valence-corrected chi connectivity index (χ1v) is 6.94. The van der Waals surface area contributed by atoms with E-state index in [9.17, 15) is 0 Å². The van der Waals surface area contributed by atoms with E-state index in [1.165, 1.54) is 11.3 Å². The van der Waals surface area contributed by atoms with E-state index in [-0.39, 0.29) is 6.04 Å². The van der Waals surface area contributed by atoms with Crippen molar-refractivity contribution in [2.24, 2.45) is 5.73 Å². The van der Waals surface area contributed by atoms with Crippen LogP contribution in [0.2, 0.25) is 0 Å². The average molecular weight is 228 g/mol. The summed E-state index contributed by atoms with van der Waals surface area (Å²) in [6, 6.07) is 2.82. The molecule has 1 aromatic rings. The molecule has 0 bridgehead atoms. The first kappa shape index (κ1) is 10.5. The van der Waals surface area contributed by atoms with Crippen LogP contribution in [0.1, 0.15) is 11.6 Å². The Kier molecular flexibility index (Phi) is 3.49. The molecular formula is C10H16N2S2. The zero-order valence-electron chi connectivity index (χ0n) is 8.35. The summed E-state index contributed by atoms with van der Waals surface area (Å²) in [5, 5.41) is 4.27. The van der Waals surface area contributed by atoms with Gasteiger partial charge in [-0.25, -0.2) is 0 Å². The van der Waals surface area contributed by atoms with Gasteiger partial charge in [0.25, 0.3) is 0 Å². The van der Waals surface area contributed by atoms with E-state index in [0.29, 0.717) is 6.04 Å². The van der Waals surface area contributed by atoms with Gasteiger partial charge in [-0.15, -0.1) is 0 Å². The monoisotopic (exact) mass is 228 g/mol. The van der Waals surface area contributed by atoms with Crippen molar-refractivity contribution in [3.05, 3.63) is 22.4 Å². The normalized spacial score (nSPS) is 26.3. The Labute approximate surface area is 93.5 Å². The molecular weight excluding hydrogens is 212 g/mol. The maximum absolute atomic E-state index is 6.26. The summed E-state index contributed by atoms with van der Waals surface area (Å²) in [5.41, 5.74) is 7.54. The van der Waals surface area contributed by atoms with Gasteiger partial charge in [0, 0.05) is 30.1 Å². The standard InChI is InChI=1S/C10H16N2S2/c1-12-3-5-14-7-9(12)10(11)8-2-4-13-6-8/h2,4,6,9-10H,3,5,7,11H2,1H3. The summed E-state index contributed by atoms with van der Waals surface area (Å²) in [6.45, 7) is 1.16. The fraction of sp³-hybridized carbons (Fsp3) is 0.600. The van der Waals surface area contributed by atoms with E-state index in [0.717, 1.165) is 12.3 Å². The molecule has 14 heavy (non-hydrogen) atoms. The number of nitrogens with zero attached hydrogens (tertiary/aromatic N) is 1. The molecule has 2 nitrogen and oxygen atoms in total. The van der Waals surface area contributed by atoms with Crippen molar-refractivity contribution in [1.29, 1.82) is 0 Å². The molecule has 0 spiro atoms. The summed E-state index contributed by atoms with van der Waals surface area (Å²) in [4.78, 5) is 2.39. The van der Waals surface area contributed by atoms with Gasteiger partial charge in [-0.3, -0.25) is 4.90 Å². The highest BCUT2D eigenvalue weighted by atomic mass is 32.2. The van der Waals surface area contributed by atoms with Gasteiger partial charge in [0.05, 0.1) is 0 Å². The minimum absolute atomic E-state index is 0.180. The number of nitrogens with two attached hydrogens (primary N) is 1. The van der Waals surface area contributed by atoms with Crippen LogP contribution < -0.4 is 5.73 Å². The van der Waals surface area contributed by atoms with E-state index < -0.39 is 0 Å². The Morgan fingerprint density at radius 3 is 3.14 bits per heavy atom. The Balaban J connectivity index is 2.06. The largest absolute Gasteiger partial charge is 0.323 e. The van der Waals surface area contributed by atoms with Gasteiger partial charge in [-0.1, -0.05) is 0 Å². The van der Waals surface area contributed by atoms with Crippen LogP contribution >= 0.6 is 23.1 Å². The van der Waals surface area contributed by atoms with Gasteiger partial charge in [0.15, 0.2) is 0 Å². The second-order valence-electron chi connectivity index (χ2n) is 3.71. The highest BCUT2D eigenvalue weighted by Gasteiger charge is 2.26. The molecule has 1 saturated heterocycles. The third-order valence-corrected chi connectivity index (χ3v) is 4.54. The molecule has 1 aliphatic heterocycles. The number of rotatable bonds is 2. The molecule has 2 atom stereocenters. The number of hydrogen-bond donors (Lipinski definition) is 1.